The second kappa shape index (κ2) is 5.59. The van der Waals surface area contributed by atoms with E-state index in [1.807, 2.05) is 13.2 Å². The van der Waals surface area contributed by atoms with E-state index in [0.717, 1.165) is 12.0 Å². The van der Waals surface area contributed by atoms with Crippen LogP contribution in [0.3, 0.4) is 0 Å². The van der Waals surface area contributed by atoms with Crippen LogP contribution in [-0.4, -0.2) is 32.6 Å². The number of anilines is 1. The predicted molar refractivity (Wildman–Crippen MR) is 67.8 cm³/mol. The fourth-order valence-corrected chi connectivity index (χ4v) is 1.72. The summed E-state index contributed by atoms with van der Waals surface area (Å²) in [6.07, 6.45) is 6.49. The number of carbonyl (C=O) groups excluding carboxylic acids is 1. The van der Waals surface area contributed by atoms with Crippen molar-refractivity contribution in [2.24, 2.45) is 7.05 Å². The van der Waals surface area contributed by atoms with E-state index in [9.17, 15) is 4.79 Å². The van der Waals surface area contributed by atoms with Crippen LogP contribution >= 0.6 is 11.6 Å². The third-order valence-electron chi connectivity index (χ3n) is 2.42. The molecule has 0 aliphatic carbocycles. The number of halogens is 1. The van der Waals surface area contributed by atoms with Gasteiger partial charge in [-0.25, -0.2) is 9.97 Å². The highest BCUT2D eigenvalue weighted by molar-refractivity contribution is 6.32. The van der Waals surface area contributed by atoms with E-state index < -0.39 is 0 Å². The van der Waals surface area contributed by atoms with E-state index >= 15 is 0 Å². The summed E-state index contributed by atoms with van der Waals surface area (Å²) < 4.78 is 1.74. The van der Waals surface area contributed by atoms with E-state index in [-0.39, 0.29) is 10.7 Å². The van der Waals surface area contributed by atoms with Crippen molar-refractivity contribution < 1.29 is 4.79 Å². The number of hydrogen-bond acceptors (Lipinski definition) is 5. The van der Waals surface area contributed by atoms with Crippen molar-refractivity contribution in [3.63, 3.8) is 0 Å². The molecule has 0 radical (unpaired) electrons. The first kappa shape index (κ1) is 12.5. The van der Waals surface area contributed by atoms with Gasteiger partial charge in [-0.1, -0.05) is 11.6 Å². The molecule has 0 unspecified atom stereocenters. The molecule has 2 rings (SSSR count). The Balaban J connectivity index is 1.98. The summed E-state index contributed by atoms with van der Waals surface area (Å²) in [7, 11) is 1.87. The highest BCUT2D eigenvalue weighted by Crippen LogP contribution is 2.16. The zero-order valence-electron chi connectivity index (χ0n) is 9.80. The van der Waals surface area contributed by atoms with Crippen LogP contribution in [0.25, 0.3) is 0 Å². The van der Waals surface area contributed by atoms with Gasteiger partial charge in [0.1, 0.15) is 17.3 Å². The average Bonchev–Trinajstić information content (AvgIpc) is 2.75. The molecule has 1 N–H and O–H groups in total. The highest BCUT2D eigenvalue weighted by atomic mass is 35.5. The first-order chi connectivity index (χ1) is 8.70. The van der Waals surface area contributed by atoms with E-state index in [1.165, 1.54) is 6.33 Å². The molecular formula is C11H12ClN5O. The van der Waals surface area contributed by atoms with Crippen LogP contribution < -0.4 is 5.32 Å². The summed E-state index contributed by atoms with van der Waals surface area (Å²) in [6.45, 7) is 0.639. The minimum absolute atomic E-state index is 0.156. The van der Waals surface area contributed by atoms with Gasteiger partial charge in [0.25, 0.3) is 0 Å². The molecule has 0 spiro atoms. The zero-order valence-corrected chi connectivity index (χ0v) is 10.6. The standard InChI is InChI=1S/C11H12ClN5O/c1-17-5-8(4-16-17)2-3-13-11-9(6-18)10(12)14-7-15-11/h4-7H,2-3H2,1H3,(H,13,14,15). The Morgan fingerprint density at radius 3 is 3.00 bits per heavy atom. The number of aldehydes is 1. The van der Waals surface area contributed by atoms with Crippen molar-refractivity contribution in [1.82, 2.24) is 19.7 Å². The van der Waals surface area contributed by atoms with Gasteiger partial charge in [-0.05, 0) is 12.0 Å². The second-order valence-electron chi connectivity index (χ2n) is 3.74. The summed E-state index contributed by atoms with van der Waals surface area (Å²) in [5, 5.41) is 7.29. The van der Waals surface area contributed by atoms with Gasteiger partial charge in [-0.15, -0.1) is 0 Å². The van der Waals surface area contributed by atoms with Crippen molar-refractivity contribution >= 4 is 23.7 Å². The molecule has 7 heteroatoms. The average molecular weight is 266 g/mol. The van der Waals surface area contributed by atoms with Gasteiger partial charge in [-0.3, -0.25) is 9.48 Å². The predicted octanol–water partition coefficient (Wildman–Crippen LogP) is 1.33. The fourth-order valence-electron chi connectivity index (χ4n) is 1.55. The Bertz CT molecular complexity index is 554. The molecule has 0 aliphatic heterocycles. The second-order valence-corrected chi connectivity index (χ2v) is 4.10. The number of carbonyl (C=O) groups is 1. The summed E-state index contributed by atoms with van der Waals surface area (Å²) in [5.41, 5.74) is 1.39. The van der Waals surface area contributed by atoms with Gasteiger partial charge < -0.3 is 5.32 Å². The van der Waals surface area contributed by atoms with Crippen LogP contribution in [0.2, 0.25) is 5.15 Å². The van der Waals surface area contributed by atoms with Crippen LogP contribution in [0.4, 0.5) is 5.82 Å². The minimum Gasteiger partial charge on any atom is -0.369 e. The fraction of sp³-hybridized carbons (Fsp3) is 0.273. The summed E-state index contributed by atoms with van der Waals surface area (Å²) in [4.78, 5) is 18.6. The number of aryl methyl sites for hydroxylation is 1. The maximum Gasteiger partial charge on any atom is 0.156 e. The third kappa shape index (κ3) is 2.84. The SMILES string of the molecule is Cn1cc(CCNc2ncnc(Cl)c2C=O)cn1. The lowest BCUT2D eigenvalue weighted by Crippen LogP contribution is -2.09. The van der Waals surface area contributed by atoms with Crippen molar-refractivity contribution in [1.29, 1.82) is 0 Å². The number of rotatable bonds is 5. The molecular weight excluding hydrogens is 254 g/mol. The number of nitrogens with one attached hydrogen (secondary N) is 1. The van der Waals surface area contributed by atoms with Crippen LogP contribution in [0.5, 0.6) is 0 Å². The van der Waals surface area contributed by atoms with Crippen molar-refractivity contribution in [2.75, 3.05) is 11.9 Å². The Morgan fingerprint density at radius 2 is 2.33 bits per heavy atom. The maximum absolute atomic E-state index is 10.9. The molecule has 18 heavy (non-hydrogen) atoms. The zero-order chi connectivity index (χ0) is 13.0. The Labute approximate surface area is 109 Å². The molecule has 6 nitrogen and oxygen atoms in total. The number of hydrogen-bond donors (Lipinski definition) is 1. The molecule has 0 aromatic carbocycles. The summed E-state index contributed by atoms with van der Waals surface area (Å²) in [6, 6.07) is 0. The molecule has 2 aromatic heterocycles. The number of aromatic nitrogens is 4. The summed E-state index contributed by atoms with van der Waals surface area (Å²) >= 11 is 5.79. The molecule has 94 valence electrons. The van der Waals surface area contributed by atoms with Crippen LogP contribution in [0.15, 0.2) is 18.7 Å². The lowest BCUT2D eigenvalue weighted by atomic mass is 10.2. The molecule has 0 aliphatic rings. The van der Waals surface area contributed by atoms with Gasteiger partial charge in [0.2, 0.25) is 0 Å². The Kier molecular flexibility index (Phi) is 3.88. The maximum atomic E-state index is 10.9. The van der Waals surface area contributed by atoms with Crippen molar-refractivity contribution in [3.8, 4) is 0 Å². The van der Waals surface area contributed by atoms with Gasteiger partial charge in [0.15, 0.2) is 6.29 Å². The number of nitrogens with zero attached hydrogens (tertiary/aromatic N) is 4. The first-order valence-electron chi connectivity index (χ1n) is 5.38. The summed E-state index contributed by atoms with van der Waals surface area (Å²) in [5.74, 6) is 0.453. The van der Waals surface area contributed by atoms with Crippen LogP contribution in [-0.2, 0) is 13.5 Å². The van der Waals surface area contributed by atoms with Crippen LogP contribution in [0, 0.1) is 0 Å². The molecule has 0 amide bonds. The van der Waals surface area contributed by atoms with Gasteiger partial charge in [0, 0.05) is 19.8 Å². The first-order valence-corrected chi connectivity index (χ1v) is 5.75. The molecule has 0 saturated carbocycles. The molecule has 0 fully saturated rings. The lowest BCUT2D eigenvalue weighted by Gasteiger charge is -2.06. The van der Waals surface area contributed by atoms with Gasteiger partial charge in [0.05, 0.1) is 11.8 Å². The normalized spacial score (nSPS) is 10.3. The Morgan fingerprint density at radius 1 is 1.50 bits per heavy atom. The van der Waals surface area contributed by atoms with Crippen molar-refractivity contribution in [3.05, 3.63) is 35.0 Å². The van der Waals surface area contributed by atoms with Crippen molar-refractivity contribution in [2.45, 2.75) is 6.42 Å². The molecule has 2 heterocycles. The topological polar surface area (TPSA) is 72.7 Å². The largest absolute Gasteiger partial charge is 0.369 e. The van der Waals surface area contributed by atoms with E-state index in [4.69, 9.17) is 11.6 Å². The monoisotopic (exact) mass is 265 g/mol. The van der Waals surface area contributed by atoms with Gasteiger partial charge in [-0.2, -0.15) is 5.10 Å². The van der Waals surface area contributed by atoms with E-state index in [2.05, 4.69) is 20.4 Å². The van der Waals surface area contributed by atoms with E-state index in [0.29, 0.717) is 18.6 Å². The van der Waals surface area contributed by atoms with Crippen LogP contribution in [0.1, 0.15) is 15.9 Å². The van der Waals surface area contributed by atoms with E-state index in [1.54, 1.807) is 10.9 Å². The Hall–Kier alpha value is -1.95. The lowest BCUT2D eigenvalue weighted by molar-refractivity contribution is 0.112. The molecule has 0 saturated heterocycles. The van der Waals surface area contributed by atoms with Gasteiger partial charge >= 0.3 is 0 Å². The third-order valence-corrected chi connectivity index (χ3v) is 2.72. The molecule has 0 bridgehead atoms. The molecule has 2 aromatic rings. The minimum atomic E-state index is 0.156. The highest BCUT2D eigenvalue weighted by Gasteiger charge is 2.08. The smallest absolute Gasteiger partial charge is 0.156 e. The molecule has 0 atom stereocenters. The quantitative estimate of drug-likeness (QED) is 0.652.